The number of hydrogen-bond acceptors (Lipinski definition) is 3. The van der Waals surface area contributed by atoms with Crippen molar-refractivity contribution in [2.75, 3.05) is 13.6 Å². The van der Waals surface area contributed by atoms with Crippen LogP contribution in [-0.4, -0.2) is 34.3 Å². The van der Waals surface area contributed by atoms with E-state index < -0.39 is 0 Å². The third-order valence-electron chi connectivity index (χ3n) is 4.01. The number of benzene rings is 1. The van der Waals surface area contributed by atoms with Gasteiger partial charge in [-0.2, -0.15) is 5.10 Å². The van der Waals surface area contributed by atoms with Crippen molar-refractivity contribution in [3.63, 3.8) is 0 Å². The van der Waals surface area contributed by atoms with E-state index in [1.165, 1.54) is 5.56 Å². The second-order valence-electron chi connectivity index (χ2n) is 5.91. The number of rotatable bonds is 7. The Labute approximate surface area is 154 Å². The first-order chi connectivity index (χ1) is 12.8. The lowest BCUT2D eigenvalue weighted by Gasteiger charge is -2.12. The maximum atomic E-state index is 4.35. The van der Waals surface area contributed by atoms with E-state index >= 15 is 0 Å². The Bertz CT molecular complexity index is 811. The van der Waals surface area contributed by atoms with Crippen LogP contribution in [0, 0.1) is 0 Å². The van der Waals surface area contributed by atoms with E-state index in [0.29, 0.717) is 6.54 Å². The molecular weight excluding hydrogens is 324 g/mol. The Hall–Kier alpha value is -3.15. The number of aryl methyl sites for hydroxylation is 1. The minimum atomic E-state index is 0.676. The second kappa shape index (κ2) is 9.36. The zero-order chi connectivity index (χ0) is 18.0. The zero-order valence-corrected chi connectivity index (χ0v) is 15.0. The molecule has 0 radical (unpaired) electrons. The summed E-state index contributed by atoms with van der Waals surface area (Å²) < 4.78 is 1.75. The van der Waals surface area contributed by atoms with Gasteiger partial charge in [-0.1, -0.05) is 30.3 Å². The highest BCUT2D eigenvalue weighted by molar-refractivity contribution is 5.79. The lowest BCUT2D eigenvalue weighted by atomic mass is 10.1. The number of pyridine rings is 1. The van der Waals surface area contributed by atoms with Gasteiger partial charge in [0.25, 0.3) is 0 Å². The van der Waals surface area contributed by atoms with Gasteiger partial charge in [0.15, 0.2) is 11.8 Å². The molecule has 6 nitrogen and oxygen atoms in total. The average Bonchev–Trinajstić information content (AvgIpc) is 3.23. The van der Waals surface area contributed by atoms with Gasteiger partial charge in [0.1, 0.15) is 0 Å². The summed E-state index contributed by atoms with van der Waals surface area (Å²) in [7, 11) is 1.79. The van der Waals surface area contributed by atoms with E-state index in [2.05, 4.69) is 50.0 Å². The first-order valence-electron chi connectivity index (χ1n) is 8.78. The molecule has 1 aromatic carbocycles. The highest BCUT2D eigenvalue weighted by atomic mass is 15.3. The van der Waals surface area contributed by atoms with Gasteiger partial charge in [-0.05, 0) is 42.2 Å². The van der Waals surface area contributed by atoms with Crippen molar-refractivity contribution < 1.29 is 0 Å². The molecular formula is C20H24N6. The molecule has 0 bridgehead atoms. The Balaban J connectivity index is 1.45. The lowest BCUT2D eigenvalue weighted by molar-refractivity contribution is 0.741. The largest absolute Gasteiger partial charge is 0.356 e. The highest BCUT2D eigenvalue weighted by Crippen LogP contribution is 2.06. The predicted octanol–water partition coefficient (Wildman–Crippen LogP) is 2.57. The van der Waals surface area contributed by atoms with Crippen molar-refractivity contribution in [1.82, 2.24) is 25.4 Å². The fourth-order valence-corrected chi connectivity index (χ4v) is 2.65. The summed E-state index contributed by atoms with van der Waals surface area (Å²) in [6.07, 6.45) is 7.54. The molecule has 3 aromatic rings. The first kappa shape index (κ1) is 17.7. The molecule has 0 saturated heterocycles. The molecule has 3 rings (SSSR count). The van der Waals surface area contributed by atoms with E-state index in [0.717, 1.165) is 36.7 Å². The van der Waals surface area contributed by atoms with Crippen molar-refractivity contribution in [2.45, 2.75) is 19.4 Å². The molecule has 26 heavy (non-hydrogen) atoms. The molecule has 0 saturated carbocycles. The smallest absolute Gasteiger partial charge is 0.191 e. The van der Waals surface area contributed by atoms with E-state index in [-0.39, 0.29) is 0 Å². The van der Waals surface area contributed by atoms with Gasteiger partial charge in [-0.15, -0.1) is 0 Å². The van der Waals surface area contributed by atoms with Crippen LogP contribution < -0.4 is 10.6 Å². The summed E-state index contributed by atoms with van der Waals surface area (Å²) in [6.45, 7) is 1.55. The number of nitrogens with zero attached hydrogens (tertiary/aromatic N) is 4. The first-order valence-corrected chi connectivity index (χ1v) is 8.78. The molecule has 0 unspecified atom stereocenters. The van der Waals surface area contributed by atoms with Crippen LogP contribution >= 0.6 is 0 Å². The van der Waals surface area contributed by atoms with Crippen LogP contribution in [0.2, 0.25) is 0 Å². The van der Waals surface area contributed by atoms with Crippen LogP contribution in [0.1, 0.15) is 17.5 Å². The standard InChI is InChI=1S/C20H24N6/c1-21-20(23-11-5-9-17-7-3-2-4-8-17)24-16-18-10-13-22-19(15-18)26-14-6-12-25-26/h2-4,6-8,10,12-15H,5,9,11,16H2,1H3,(H2,21,23,24). The van der Waals surface area contributed by atoms with Crippen molar-refractivity contribution >= 4 is 5.96 Å². The van der Waals surface area contributed by atoms with Gasteiger partial charge < -0.3 is 10.6 Å². The SMILES string of the molecule is CN=C(NCCCc1ccccc1)NCc1ccnc(-n2cccn2)c1. The Morgan fingerprint density at radius 3 is 2.69 bits per heavy atom. The zero-order valence-electron chi connectivity index (χ0n) is 15.0. The second-order valence-corrected chi connectivity index (χ2v) is 5.91. The molecule has 0 aliphatic heterocycles. The molecule has 0 aliphatic carbocycles. The lowest BCUT2D eigenvalue weighted by Crippen LogP contribution is -2.37. The molecule has 0 spiro atoms. The number of guanidine groups is 1. The summed E-state index contributed by atoms with van der Waals surface area (Å²) in [4.78, 5) is 8.63. The summed E-state index contributed by atoms with van der Waals surface area (Å²) in [5.74, 6) is 1.61. The van der Waals surface area contributed by atoms with Gasteiger partial charge in [0.2, 0.25) is 0 Å². The third kappa shape index (κ3) is 5.17. The minimum absolute atomic E-state index is 0.676. The van der Waals surface area contributed by atoms with E-state index in [4.69, 9.17) is 0 Å². The maximum absolute atomic E-state index is 4.35. The van der Waals surface area contributed by atoms with Crippen LogP contribution in [-0.2, 0) is 13.0 Å². The molecule has 0 aliphatic rings. The maximum Gasteiger partial charge on any atom is 0.191 e. The van der Waals surface area contributed by atoms with Gasteiger partial charge in [0.05, 0.1) is 0 Å². The third-order valence-corrected chi connectivity index (χ3v) is 4.01. The van der Waals surface area contributed by atoms with Gasteiger partial charge in [-0.25, -0.2) is 9.67 Å². The van der Waals surface area contributed by atoms with E-state index in [1.54, 1.807) is 24.1 Å². The van der Waals surface area contributed by atoms with Crippen LogP contribution in [0.4, 0.5) is 0 Å². The van der Waals surface area contributed by atoms with Crippen LogP contribution in [0.3, 0.4) is 0 Å². The molecule has 2 heterocycles. The summed E-state index contributed by atoms with van der Waals surface area (Å²) in [5.41, 5.74) is 2.48. The van der Waals surface area contributed by atoms with Crippen LogP contribution in [0.5, 0.6) is 0 Å². The Morgan fingerprint density at radius 1 is 1.04 bits per heavy atom. The normalized spacial score (nSPS) is 11.3. The Morgan fingerprint density at radius 2 is 1.92 bits per heavy atom. The number of nitrogens with one attached hydrogen (secondary N) is 2. The molecule has 0 fully saturated rings. The van der Waals surface area contributed by atoms with Crippen molar-refractivity contribution in [2.24, 2.45) is 4.99 Å². The summed E-state index contributed by atoms with van der Waals surface area (Å²) >= 11 is 0. The number of hydrogen-bond donors (Lipinski definition) is 2. The topological polar surface area (TPSA) is 67.1 Å². The quantitative estimate of drug-likeness (QED) is 0.391. The molecule has 0 amide bonds. The highest BCUT2D eigenvalue weighted by Gasteiger charge is 2.02. The van der Waals surface area contributed by atoms with Gasteiger partial charge in [0, 0.05) is 38.7 Å². The number of aromatic nitrogens is 3. The number of aliphatic imine (C=N–C) groups is 1. The summed E-state index contributed by atoms with van der Waals surface area (Å²) in [6, 6.07) is 16.4. The van der Waals surface area contributed by atoms with Gasteiger partial charge in [-0.3, -0.25) is 4.99 Å². The fourth-order valence-electron chi connectivity index (χ4n) is 2.65. The predicted molar refractivity (Wildman–Crippen MR) is 104 cm³/mol. The summed E-state index contributed by atoms with van der Waals surface area (Å²) in [5, 5.41) is 10.9. The monoisotopic (exact) mass is 348 g/mol. The Kier molecular flexibility index (Phi) is 6.36. The molecule has 2 N–H and O–H groups in total. The van der Waals surface area contributed by atoms with Crippen LogP contribution in [0.15, 0.2) is 72.1 Å². The average molecular weight is 348 g/mol. The van der Waals surface area contributed by atoms with E-state index in [9.17, 15) is 0 Å². The fraction of sp³-hybridized carbons (Fsp3) is 0.250. The molecule has 2 aromatic heterocycles. The molecule has 6 heteroatoms. The molecule has 0 atom stereocenters. The molecule has 134 valence electrons. The van der Waals surface area contributed by atoms with Gasteiger partial charge >= 0.3 is 0 Å². The van der Waals surface area contributed by atoms with E-state index in [1.807, 2.05) is 30.5 Å². The van der Waals surface area contributed by atoms with Crippen LogP contribution in [0.25, 0.3) is 5.82 Å². The van der Waals surface area contributed by atoms with Crippen molar-refractivity contribution in [1.29, 1.82) is 0 Å². The van der Waals surface area contributed by atoms with Crippen molar-refractivity contribution in [3.8, 4) is 5.82 Å². The van der Waals surface area contributed by atoms with Crippen molar-refractivity contribution in [3.05, 3.63) is 78.2 Å². The minimum Gasteiger partial charge on any atom is -0.356 e.